The van der Waals surface area contributed by atoms with Gasteiger partial charge in [-0.15, -0.1) is 0 Å². The maximum atomic E-state index is 6.24. The fourth-order valence-electron chi connectivity index (χ4n) is 1.95. The van der Waals surface area contributed by atoms with Crippen LogP contribution >= 0.6 is 34.8 Å². The lowest BCUT2D eigenvalue weighted by Crippen LogP contribution is -2.18. The van der Waals surface area contributed by atoms with Crippen LogP contribution in [0.2, 0.25) is 15.1 Å². The molecule has 1 nitrogen and oxygen atoms in total. The maximum absolute atomic E-state index is 6.24. The van der Waals surface area contributed by atoms with Gasteiger partial charge in [0.2, 0.25) is 0 Å². The number of nitrogens with one attached hydrogen (secondary N) is 1. The molecule has 1 atom stereocenters. The average molecular weight is 301 g/mol. The second kappa shape index (κ2) is 5.94. The molecule has 0 saturated carbocycles. The fourth-order valence-corrected chi connectivity index (χ4v) is 2.76. The quantitative estimate of drug-likeness (QED) is 0.845. The van der Waals surface area contributed by atoms with Crippen LogP contribution in [0.25, 0.3) is 0 Å². The maximum Gasteiger partial charge on any atom is 0.0604 e. The standard InChI is InChI=1S/C14H12Cl3N/c1-18-14(9-4-2-5-10(15)8-9)13-11(16)6-3-7-12(13)17/h2-8,14,18H,1H3. The number of hydrogen-bond acceptors (Lipinski definition) is 1. The Bertz CT molecular complexity index is 534. The molecule has 0 bridgehead atoms. The molecule has 1 N–H and O–H groups in total. The SMILES string of the molecule is CNC(c1cccc(Cl)c1)c1c(Cl)cccc1Cl. The topological polar surface area (TPSA) is 12.0 Å². The molecule has 0 aliphatic heterocycles. The van der Waals surface area contributed by atoms with E-state index in [1.54, 1.807) is 0 Å². The van der Waals surface area contributed by atoms with Gasteiger partial charge in [0.25, 0.3) is 0 Å². The molecule has 0 radical (unpaired) electrons. The van der Waals surface area contributed by atoms with Gasteiger partial charge in [0.15, 0.2) is 0 Å². The summed E-state index contributed by atoms with van der Waals surface area (Å²) < 4.78 is 0. The molecule has 0 spiro atoms. The highest BCUT2D eigenvalue weighted by Crippen LogP contribution is 2.34. The first-order chi connectivity index (χ1) is 8.63. The molecule has 0 heterocycles. The van der Waals surface area contributed by atoms with E-state index >= 15 is 0 Å². The van der Waals surface area contributed by atoms with Crippen LogP contribution in [0.1, 0.15) is 17.2 Å². The molecule has 94 valence electrons. The third kappa shape index (κ3) is 2.81. The molecule has 0 aliphatic rings. The Kier molecular flexibility index (Phi) is 4.52. The van der Waals surface area contributed by atoms with Crippen molar-refractivity contribution in [1.29, 1.82) is 0 Å². The summed E-state index contributed by atoms with van der Waals surface area (Å²) in [7, 11) is 1.87. The molecule has 0 amide bonds. The lowest BCUT2D eigenvalue weighted by atomic mass is 9.99. The van der Waals surface area contributed by atoms with Crippen LogP contribution in [-0.2, 0) is 0 Å². The highest BCUT2D eigenvalue weighted by Gasteiger charge is 2.18. The predicted molar refractivity (Wildman–Crippen MR) is 78.8 cm³/mol. The Morgan fingerprint density at radius 2 is 1.56 bits per heavy atom. The minimum Gasteiger partial charge on any atom is -0.309 e. The second-order valence-corrected chi connectivity index (χ2v) is 5.16. The van der Waals surface area contributed by atoms with Crippen molar-refractivity contribution in [2.24, 2.45) is 0 Å². The Morgan fingerprint density at radius 1 is 0.944 bits per heavy atom. The average Bonchev–Trinajstić information content (AvgIpc) is 2.34. The lowest BCUT2D eigenvalue weighted by Gasteiger charge is -2.20. The monoisotopic (exact) mass is 299 g/mol. The van der Waals surface area contributed by atoms with Crippen molar-refractivity contribution in [3.05, 3.63) is 68.7 Å². The summed E-state index contributed by atoms with van der Waals surface area (Å²) in [6.45, 7) is 0. The smallest absolute Gasteiger partial charge is 0.0604 e. The third-order valence-electron chi connectivity index (χ3n) is 2.76. The first kappa shape index (κ1) is 13.7. The number of rotatable bonds is 3. The largest absolute Gasteiger partial charge is 0.309 e. The van der Waals surface area contributed by atoms with Crippen LogP contribution in [-0.4, -0.2) is 7.05 Å². The number of benzene rings is 2. The third-order valence-corrected chi connectivity index (χ3v) is 3.65. The predicted octanol–water partition coefficient (Wildman–Crippen LogP) is 4.96. The van der Waals surface area contributed by atoms with E-state index in [-0.39, 0.29) is 6.04 Å². The van der Waals surface area contributed by atoms with Crippen molar-refractivity contribution in [3.63, 3.8) is 0 Å². The van der Waals surface area contributed by atoms with Crippen LogP contribution in [0.5, 0.6) is 0 Å². The van der Waals surface area contributed by atoms with Crippen LogP contribution in [0, 0.1) is 0 Å². The number of hydrogen-bond donors (Lipinski definition) is 1. The summed E-state index contributed by atoms with van der Waals surface area (Å²) in [6, 6.07) is 13.1. The zero-order valence-corrected chi connectivity index (χ0v) is 12.0. The normalized spacial score (nSPS) is 12.4. The summed E-state index contributed by atoms with van der Waals surface area (Å²) in [5.41, 5.74) is 1.89. The van der Waals surface area contributed by atoms with Crippen molar-refractivity contribution in [2.45, 2.75) is 6.04 Å². The highest BCUT2D eigenvalue weighted by molar-refractivity contribution is 6.36. The van der Waals surface area contributed by atoms with Gasteiger partial charge in [-0.2, -0.15) is 0 Å². The van der Waals surface area contributed by atoms with Crippen molar-refractivity contribution in [2.75, 3.05) is 7.05 Å². The highest BCUT2D eigenvalue weighted by atomic mass is 35.5. The van der Waals surface area contributed by atoms with Crippen LogP contribution in [0.3, 0.4) is 0 Å². The summed E-state index contributed by atoms with van der Waals surface area (Å²) in [5.74, 6) is 0. The van der Waals surface area contributed by atoms with E-state index in [4.69, 9.17) is 34.8 Å². The first-order valence-electron chi connectivity index (χ1n) is 5.50. The first-order valence-corrected chi connectivity index (χ1v) is 6.63. The zero-order valence-electron chi connectivity index (χ0n) is 9.75. The van der Waals surface area contributed by atoms with Gasteiger partial charge in [0.1, 0.15) is 0 Å². The summed E-state index contributed by atoms with van der Waals surface area (Å²) in [5, 5.41) is 5.19. The van der Waals surface area contributed by atoms with Crippen molar-refractivity contribution in [1.82, 2.24) is 5.32 Å². The van der Waals surface area contributed by atoms with Gasteiger partial charge >= 0.3 is 0 Å². The van der Waals surface area contributed by atoms with E-state index in [1.807, 2.05) is 49.5 Å². The Hall–Kier alpha value is -0.730. The fraction of sp³-hybridized carbons (Fsp3) is 0.143. The molecule has 4 heteroatoms. The van der Waals surface area contributed by atoms with Gasteiger partial charge in [0.05, 0.1) is 6.04 Å². The van der Waals surface area contributed by atoms with E-state index < -0.39 is 0 Å². The molecule has 0 aliphatic carbocycles. The molecule has 2 aromatic rings. The van der Waals surface area contributed by atoms with E-state index in [9.17, 15) is 0 Å². The van der Waals surface area contributed by atoms with E-state index in [0.717, 1.165) is 11.1 Å². The minimum absolute atomic E-state index is 0.0788. The van der Waals surface area contributed by atoms with Crippen molar-refractivity contribution in [3.8, 4) is 0 Å². The number of halogens is 3. The van der Waals surface area contributed by atoms with Crippen LogP contribution < -0.4 is 5.32 Å². The summed E-state index contributed by atoms with van der Waals surface area (Å²) in [6.07, 6.45) is 0. The van der Waals surface area contributed by atoms with Gasteiger partial charge in [-0.25, -0.2) is 0 Å². The van der Waals surface area contributed by atoms with Crippen LogP contribution in [0.4, 0.5) is 0 Å². The van der Waals surface area contributed by atoms with E-state index in [1.165, 1.54) is 0 Å². The summed E-state index contributed by atoms with van der Waals surface area (Å²) in [4.78, 5) is 0. The lowest BCUT2D eigenvalue weighted by molar-refractivity contribution is 0.692. The molecule has 0 saturated heterocycles. The van der Waals surface area contributed by atoms with E-state index in [2.05, 4.69) is 5.32 Å². The Balaban J connectivity index is 2.52. The van der Waals surface area contributed by atoms with Crippen molar-refractivity contribution >= 4 is 34.8 Å². The van der Waals surface area contributed by atoms with Crippen LogP contribution in [0.15, 0.2) is 42.5 Å². The van der Waals surface area contributed by atoms with Gasteiger partial charge in [0, 0.05) is 20.6 Å². The van der Waals surface area contributed by atoms with Gasteiger partial charge < -0.3 is 5.32 Å². The van der Waals surface area contributed by atoms with E-state index in [0.29, 0.717) is 15.1 Å². The Morgan fingerprint density at radius 3 is 2.11 bits per heavy atom. The molecular weight excluding hydrogens is 289 g/mol. The van der Waals surface area contributed by atoms with Gasteiger partial charge in [-0.05, 0) is 36.9 Å². The molecule has 0 aromatic heterocycles. The molecule has 2 aromatic carbocycles. The second-order valence-electron chi connectivity index (χ2n) is 3.91. The molecule has 0 fully saturated rings. The van der Waals surface area contributed by atoms with Gasteiger partial charge in [-0.1, -0.05) is 53.0 Å². The Labute approximate surface area is 122 Å². The molecule has 2 rings (SSSR count). The summed E-state index contributed by atoms with van der Waals surface area (Å²) >= 11 is 18.5. The molecular formula is C14H12Cl3N. The molecule has 1 unspecified atom stereocenters. The molecule has 18 heavy (non-hydrogen) atoms. The minimum atomic E-state index is -0.0788. The zero-order chi connectivity index (χ0) is 13.1. The van der Waals surface area contributed by atoms with Crippen molar-refractivity contribution < 1.29 is 0 Å². The van der Waals surface area contributed by atoms with Gasteiger partial charge in [-0.3, -0.25) is 0 Å².